The van der Waals surface area contributed by atoms with E-state index in [-0.39, 0.29) is 6.54 Å². The summed E-state index contributed by atoms with van der Waals surface area (Å²) < 4.78 is 37.8. The number of guanidine groups is 1. The number of aromatic nitrogens is 1. The summed E-state index contributed by atoms with van der Waals surface area (Å²) >= 11 is 2.72. The summed E-state index contributed by atoms with van der Waals surface area (Å²) in [5, 5.41) is 7.86. The number of hydrogen-bond acceptors (Lipinski definition) is 5. The Kier molecular flexibility index (Phi) is 5.48. The lowest BCUT2D eigenvalue weighted by Crippen LogP contribution is -2.52. The van der Waals surface area contributed by atoms with Crippen molar-refractivity contribution in [2.45, 2.75) is 12.7 Å². The highest BCUT2D eigenvalue weighted by Crippen LogP contribution is 2.30. The van der Waals surface area contributed by atoms with Gasteiger partial charge in [0.25, 0.3) is 0 Å². The van der Waals surface area contributed by atoms with Crippen LogP contribution in [0.1, 0.15) is 10.7 Å². The lowest BCUT2D eigenvalue weighted by atomic mass is 10.3. The minimum Gasteiger partial charge on any atom is -0.360 e. The Bertz CT molecular complexity index is 703. The van der Waals surface area contributed by atoms with Crippen molar-refractivity contribution >= 4 is 33.6 Å². The van der Waals surface area contributed by atoms with Gasteiger partial charge in [0.05, 0.1) is 11.5 Å². The normalized spacial score (nSPS) is 16.4. The van der Waals surface area contributed by atoms with E-state index in [4.69, 9.17) is 0 Å². The molecule has 1 N–H and O–H groups in total. The van der Waals surface area contributed by atoms with Crippen molar-refractivity contribution in [3.63, 3.8) is 0 Å². The zero-order chi connectivity index (χ0) is 17.9. The van der Waals surface area contributed by atoms with Gasteiger partial charge in [0.2, 0.25) is 0 Å². The molecule has 0 saturated carbocycles. The molecule has 1 fully saturated rings. The number of hydrogen-bond donors (Lipinski definition) is 1. The van der Waals surface area contributed by atoms with Crippen molar-refractivity contribution < 1.29 is 13.2 Å². The number of anilines is 1. The maximum Gasteiger partial charge on any atom is 0.434 e. The van der Waals surface area contributed by atoms with E-state index in [0.29, 0.717) is 11.0 Å². The number of nitrogens with zero attached hydrogens (tertiary/aromatic N) is 4. The quantitative estimate of drug-likeness (QED) is 0.647. The third kappa shape index (κ3) is 4.43. The van der Waals surface area contributed by atoms with Crippen molar-refractivity contribution in [1.29, 1.82) is 0 Å². The largest absolute Gasteiger partial charge is 0.434 e. The van der Waals surface area contributed by atoms with E-state index >= 15 is 0 Å². The third-order valence-electron chi connectivity index (χ3n) is 3.85. The number of thiazole rings is 1. The molecule has 3 rings (SSSR count). The Labute approximate surface area is 151 Å². The summed E-state index contributed by atoms with van der Waals surface area (Å²) in [6.45, 7) is 3.62. The highest BCUT2D eigenvalue weighted by atomic mass is 32.1. The topological polar surface area (TPSA) is 43.8 Å². The molecular weight excluding hydrogens is 371 g/mol. The molecule has 2 aromatic heterocycles. The first-order valence-corrected chi connectivity index (χ1v) is 9.49. The molecular formula is C15H18F3N5S2. The van der Waals surface area contributed by atoms with Gasteiger partial charge < -0.3 is 15.1 Å². The van der Waals surface area contributed by atoms with E-state index in [2.05, 4.69) is 36.5 Å². The molecule has 0 unspecified atom stereocenters. The summed E-state index contributed by atoms with van der Waals surface area (Å²) in [6.07, 6.45) is -4.39. The van der Waals surface area contributed by atoms with Crippen LogP contribution in [-0.2, 0) is 12.7 Å². The van der Waals surface area contributed by atoms with Gasteiger partial charge in [-0.1, -0.05) is 0 Å². The zero-order valence-electron chi connectivity index (χ0n) is 13.6. The summed E-state index contributed by atoms with van der Waals surface area (Å²) in [6, 6.07) is 4.14. The average molecular weight is 389 g/mol. The molecule has 0 amide bonds. The number of thiophene rings is 1. The summed E-state index contributed by atoms with van der Waals surface area (Å²) in [7, 11) is 1.68. The third-order valence-corrected chi connectivity index (χ3v) is 5.63. The van der Waals surface area contributed by atoms with Gasteiger partial charge in [-0.25, -0.2) is 4.98 Å². The van der Waals surface area contributed by atoms with Crippen LogP contribution in [0.15, 0.2) is 27.9 Å². The fraction of sp³-hybridized carbons (Fsp3) is 0.467. The first-order chi connectivity index (χ1) is 12.0. The number of nitrogens with one attached hydrogen (secondary N) is 1. The van der Waals surface area contributed by atoms with Crippen LogP contribution in [0.3, 0.4) is 0 Å². The minimum atomic E-state index is -4.39. The molecule has 136 valence electrons. The summed E-state index contributed by atoms with van der Waals surface area (Å²) in [5.74, 6) is 0.689. The minimum absolute atomic E-state index is 0.235. The molecule has 10 heteroatoms. The Balaban J connectivity index is 1.53. The molecule has 1 aliphatic heterocycles. The lowest BCUT2D eigenvalue weighted by molar-refractivity contribution is -0.140. The predicted molar refractivity (Wildman–Crippen MR) is 95.4 cm³/mol. The van der Waals surface area contributed by atoms with Gasteiger partial charge in [-0.05, 0) is 17.5 Å². The average Bonchev–Trinajstić information content (AvgIpc) is 3.27. The molecule has 0 aromatic carbocycles. The van der Waals surface area contributed by atoms with E-state index in [1.54, 1.807) is 18.4 Å². The molecule has 0 aliphatic carbocycles. The monoisotopic (exact) mass is 389 g/mol. The standard InChI is InChI=1S/C15H18F3N5S2/c1-19-14(20-9-12-21-11(10-25-12)15(16,17)18)23-6-4-22(5-7-23)13-3-2-8-24-13/h2-3,8,10H,4-7,9H2,1H3,(H,19,20). The number of piperazine rings is 1. The number of aliphatic imine (C=N–C) groups is 1. The van der Waals surface area contributed by atoms with Crippen LogP contribution in [0.25, 0.3) is 0 Å². The van der Waals surface area contributed by atoms with Crippen molar-refractivity contribution in [3.8, 4) is 0 Å². The molecule has 0 bridgehead atoms. The Morgan fingerprint density at radius 3 is 2.60 bits per heavy atom. The molecule has 0 spiro atoms. The molecule has 0 radical (unpaired) electrons. The number of alkyl halides is 3. The molecule has 25 heavy (non-hydrogen) atoms. The van der Waals surface area contributed by atoms with Crippen LogP contribution in [-0.4, -0.2) is 49.1 Å². The second-order valence-electron chi connectivity index (χ2n) is 5.45. The van der Waals surface area contributed by atoms with Gasteiger partial charge in [-0.2, -0.15) is 13.2 Å². The van der Waals surface area contributed by atoms with Crippen molar-refractivity contribution in [1.82, 2.24) is 15.2 Å². The van der Waals surface area contributed by atoms with Gasteiger partial charge in [-0.15, -0.1) is 22.7 Å². The predicted octanol–water partition coefficient (Wildman–Crippen LogP) is 3.12. The van der Waals surface area contributed by atoms with Gasteiger partial charge in [-0.3, -0.25) is 4.99 Å². The molecule has 2 aromatic rings. The fourth-order valence-corrected chi connectivity index (χ4v) is 4.12. The van der Waals surface area contributed by atoms with Gasteiger partial charge >= 0.3 is 6.18 Å². The van der Waals surface area contributed by atoms with E-state index < -0.39 is 11.9 Å². The molecule has 5 nitrogen and oxygen atoms in total. The second kappa shape index (κ2) is 7.61. The van der Waals surface area contributed by atoms with E-state index in [1.165, 1.54) is 5.00 Å². The van der Waals surface area contributed by atoms with E-state index in [1.807, 2.05) is 6.07 Å². The number of rotatable bonds is 3. The smallest absolute Gasteiger partial charge is 0.360 e. The molecule has 3 heterocycles. The highest BCUT2D eigenvalue weighted by Gasteiger charge is 2.33. The van der Waals surface area contributed by atoms with Crippen LogP contribution in [0, 0.1) is 0 Å². The van der Waals surface area contributed by atoms with Gasteiger partial charge in [0.1, 0.15) is 5.01 Å². The lowest BCUT2D eigenvalue weighted by Gasteiger charge is -2.36. The van der Waals surface area contributed by atoms with Crippen molar-refractivity contribution in [3.05, 3.63) is 33.6 Å². The Hall–Kier alpha value is -1.81. The maximum absolute atomic E-state index is 12.6. The van der Waals surface area contributed by atoms with Crippen molar-refractivity contribution in [2.75, 3.05) is 38.1 Å². The summed E-state index contributed by atoms with van der Waals surface area (Å²) in [4.78, 5) is 12.3. The maximum atomic E-state index is 12.6. The summed E-state index contributed by atoms with van der Waals surface area (Å²) in [5.41, 5.74) is -0.839. The molecule has 1 aliphatic rings. The highest BCUT2D eigenvalue weighted by molar-refractivity contribution is 7.14. The molecule has 1 saturated heterocycles. The number of halogens is 3. The van der Waals surface area contributed by atoms with E-state index in [9.17, 15) is 13.2 Å². The first kappa shape index (κ1) is 18.0. The van der Waals surface area contributed by atoms with Crippen LogP contribution < -0.4 is 10.2 Å². The van der Waals surface area contributed by atoms with Crippen LogP contribution in [0.5, 0.6) is 0 Å². The first-order valence-electron chi connectivity index (χ1n) is 7.73. The fourth-order valence-electron chi connectivity index (χ4n) is 2.60. The Morgan fingerprint density at radius 1 is 1.28 bits per heavy atom. The Morgan fingerprint density at radius 2 is 2.04 bits per heavy atom. The van der Waals surface area contributed by atoms with Crippen LogP contribution in [0.4, 0.5) is 18.2 Å². The SMILES string of the molecule is CN=C(NCc1nc(C(F)(F)F)cs1)N1CCN(c2cccs2)CC1. The van der Waals surface area contributed by atoms with Gasteiger partial charge in [0.15, 0.2) is 11.7 Å². The van der Waals surface area contributed by atoms with Crippen molar-refractivity contribution in [2.24, 2.45) is 4.99 Å². The van der Waals surface area contributed by atoms with Gasteiger partial charge in [0, 0.05) is 38.6 Å². The zero-order valence-corrected chi connectivity index (χ0v) is 15.2. The van der Waals surface area contributed by atoms with Crippen LogP contribution >= 0.6 is 22.7 Å². The van der Waals surface area contributed by atoms with E-state index in [0.717, 1.165) is 42.9 Å². The van der Waals surface area contributed by atoms with Crippen LogP contribution in [0.2, 0.25) is 0 Å². The second-order valence-corrected chi connectivity index (χ2v) is 7.32. The molecule has 0 atom stereocenters.